The van der Waals surface area contributed by atoms with Crippen molar-refractivity contribution in [2.45, 2.75) is 52.0 Å². The molecule has 1 N–H and O–H groups in total. The van der Waals surface area contributed by atoms with E-state index in [1.165, 1.54) is 31.2 Å². The van der Waals surface area contributed by atoms with Crippen LogP contribution < -0.4 is 10.1 Å². The molecule has 0 radical (unpaired) electrons. The Morgan fingerprint density at radius 2 is 2.00 bits per heavy atom. The summed E-state index contributed by atoms with van der Waals surface area (Å²) in [6.07, 6.45) is 6.28. The van der Waals surface area contributed by atoms with Gasteiger partial charge in [-0.2, -0.15) is 0 Å². The SMILES string of the molecule is CCCCCCC(NCC)c1ccc(Cl)cc1OC. The van der Waals surface area contributed by atoms with Crippen LogP contribution in [0.1, 0.15) is 57.6 Å². The third-order valence-corrected chi connectivity index (χ3v) is 3.60. The van der Waals surface area contributed by atoms with Crippen LogP contribution in [0.4, 0.5) is 0 Å². The summed E-state index contributed by atoms with van der Waals surface area (Å²) in [6, 6.07) is 6.27. The number of hydrogen-bond donors (Lipinski definition) is 1. The molecule has 0 saturated heterocycles. The zero-order valence-electron chi connectivity index (χ0n) is 12.3. The molecule has 0 heterocycles. The highest BCUT2D eigenvalue weighted by molar-refractivity contribution is 6.30. The molecule has 0 aliphatic rings. The third-order valence-electron chi connectivity index (χ3n) is 3.37. The van der Waals surface area contributed by atoms with Crippen molar-refractivity contribution in [3.05, 3.63) is 28.8 Å². The van der Waals surface area contributed by atoms with Gasteiger partial charge in [-0.3, -0.25) is 0 Å². The van der Waals surface area contributed by atoms with Crippen molar-refractivity contribution in [1.29, 1.82) is 0 Å². The number of unbranched alkanes of at least 4 members (excludes halogenated alkanes) is 3. The lowest BCUT2D eigenvalue weighted by Crippen LogP contribution is -2.21. The van der Waals surface area contributed by atoms with E-state index in [2.05, 4.69) is 25.2 Å². The molecule has 0 aromatic heterocycles. The lowest BCUT2D eigenvalue weighted by Gasteiger charge is -2.21. The zero-order chi connectivity index (χ0) is 14.1. The minimum atomic E-state index is 0.356. The van der Waals surface area contributed by atoms with Crippen molar-refractivity contribution in [2.75, 3.05) is 13.7 Å². The van der Waals surface area contributed by atoms with Crippen molar-refractivity contribution in [2.24, 2.45) is 0 Å². The maximum atomic E-state index is 6.02. The Morgan fingerprint density at radius 1 is 1.21 bits per heavy atom. The van der Waals surface area contributed by atoms with E-state index in [0.717, 1.165) is 23.7 Å². The summed E-state index contributed by atoms with van der Waals surface area (Å²) in [5.74, 6) is 0.883. The molecule has 0 aliphatic carbocycles. The summed E-state index contributed by atoms with van der Waals surface area (Å²) in [7, 11) is 1.70. The molecular formula is C16H26ClNO. The number of hydrogen-bond acceptors (Lipinski definition) is 2. The lowest BCUT2D eigenvalue weighted by molar-refractivity contribution is 0.393. The molecule has 1 aromatic rings. The Hall–Kier alpha value is -0.730. The number of benzene rings is 1. The zero-order valence-corrected chi connectivity index (χ0v) is 13.1. The van der Waals surface area contributed by atoms with Crippen LogP contribution in [0.3, 0.4) is 0 Å². The summed E-state index contributed by atoms with van der Waals surface area (Å²) < 4.78 is 5.46. The fourth-order valence-electron chi connectivity index (χ4n) is 2.36. The number of rotatable bonds is 9. The first-order chi connectivity index (χ1) is 9.22. The Kier molecular flexibility index (Phi) is 7.92. The standard InChI is InChI=1S/C16H26ClNO/c1-4-6-7-8-9-15(18-5-2)14-11-10-13(17)12-16(14)19-3/h10-12,15,18H,4-9H2,1-3H3. The van der Waals surface area contributed by atoms with E-state index < -0.39 is 0 Å². The van der Waals surface area contributed by atoms with Gasteiger partial charge >= 0.3 is 0 Å². The van der Waals surface area contributed by atoms with Gasteiger partial charge in [0.2, 0.25) is 0 Å². The summed E-state index contributed by atoms with van der Waals surface area (Å²) in [4.78, 5) is 0. The van der Waals surface area contributed by atoms with Crippen LogP contribution >= 0.6 is 11.6 Å². The number of methoxy groups -OCH3 is 1. The Labute approximate surface area is 122 Å². The fraction of sp³-hybridized carbons (Fsp3) is 0.625. The highest BCUT2D eigenvalue weighted by atomic mass is 35.5. The molecule has 0 fully saturated rings. The second-order valence-corrected chi connectivity index (χ2v) is 5.28. The van der Waals surface area contributed by atoms with Crippen molar-refractivity contribution in [1.82, 2.24) is 5.32 Å². The van der Waals surface area contributed by atoms with Gasteiger partial charge in [-0.25, -0.2) is 0 Å². The molecule has 0 saturated carbocycles. The van der Waals surface area contributed by atoms with Gasteiger partial charge in [0.25, 0.3) is 0 Å². The highest BCUT2D eigenvalue weighted by Gasteiger charge is 2.15. The first kappa shape index (κ1) is 16.3. The average Bonchev–Trinajstić information content (AvgIpc) is 2.42. The quantitative estimate of drug-likeness (QED) is 0.646. The van der Waals surface area contributed by atoms with E-state index in [1.807, 2.05) is 12.1 Å². The largest absolute Gasteiger partial charge is 0.496 e. The van der Waals surface area contributed by atoms with Gasteiger partial charge in [-0.15, -0.1) is 0 Å². The molecule has 3 heteroatoms. The first-order valence-corrected chi connectivity index (χ1v) is 7.67. The summed E-state index contributed by atoms with van der Waals surface area (Å²) in [5.41, 5.74) is 1.21. The second-order valence-electron chi connectivity index (χ2n) is 4.85. The topological polar surface area (TPSA) is 21.3 Å². The number of nitrogens with one attached hydrogen (secondary N) is 1. The second kappa shape index (κ2) is 9.22. The van der Waals surface area contributed by atoms with Crippen molar-refractivity contribution >= 4 is 11.6 Å². The lowest BCUT2D eigenvalue weighted by atomic mass is 9.99. The molecular weight excluding hydrogens is 258 g/mol. The molecule has 2 nitrogen and oxygen atoms in total. The summed E-state index contributed by atoms with van der Waals surface area (Å²) >= 11 is 6.02. The van der Waals surface area contributed by atoms with E-state index in [9.17, 15) is 0 Å². The molecule has 0 aliphatic heterocycles. The monoisotopic (exact) mass is 283 g/mol. The summed E-state index contributed by atoms with van der Waals surface area (Å²) in [5, 5.41) is 4.27. The normalized spacial score (nSPS) is 12.4. The van der Waals surface area contributed by atoms with Crippen molar-refractivity contribution < 1.29 is 4.74 Å². The molecule has 0 bridgehead atoms. The van der Waals surface area contributed by atoms with Gasteiger partial charge < -0.3 is 10.1 Å². The predicted octanol–water partition coefficient (Wildman–Crippen LogP) is 4.97. The number of halogens is 1. The van der Waals surface area contributed by atoms with E-state index in [-0.39, 0.29) is 0 Å². The molecule has 108 valence electrons. The maximum Gasteiger partial charge on any atom is 0.125 e. The van der Waals surface area contributed by atoms with Gasteiger partial charge in [0.15, 0.2) is 0 Å². The fourth-order valence-corrected chi connectivity index (χ4v) is 2.52. The maximum absolute atomic E-state index is 6.02. The third kappa shape index (κ3) is 5.42. The molecule has 1 atom stereocenters. The Bertz CT molecular complexity index is 368. The van der Waals surface area contributed by atoms with Gasteiger partial charge in [0.1, 0.15) is 5.75 Å². The molecule has 0 spiro atoms. The minimum Gasteiger partial charge on any atom is -0.496 e. The molecule has 1 aromatic carbocycles. The van der Waals surface area contributed by atoms with E-state index in [1.54, 1.807) is 7.11 Å². The number of ether oxygens (including phenoxy) is 1. The van der Waals surface area contributed by atoms with Gasteiger partial charge in [0.05, 0.1) is 7.11 Å². The average molecular weight is 284 g/mol. The summed E-state index contributed by atoms with van der Waals surface area (Å²) in [6.45, 7) is 5.34. The minimum absolute atomic E-state index is 0.356. The van der Waals surface area contributed by atoms with Crippen LogP contribution in [0.15, 0.2) is 18.2 Å². The smallest absolute Gasteiger partial charge is 0.125 e. The van der Waals surface area contributed by atoms with Crippen LogP contribution in [-0.2, 0) is 0 Å². The van der Waals surface area contributed by atoms with E-state index in [0.29, 0.717) is 6.04 Å². The Balaban J connectivity index is 2.74. The van der Waals surface area contributed by atoms with Crippen molar-refractivity contribution in [3.8, 4) is 5.75 Å². The van der Waals surface area contributed by atoms with Gasteiger partial charge in [-0.05, 0) is 25.1 Å². The van der Waals surface area contributed by atoms with Crippen LogP contribution in [0.5, 0.6) is 5.75 Å². The van der Waals surface area contributed by atoms with Gasteiger partial charge in [0, 0.05) is 16.6 Å². The van der Waals surface area contributed by atoms with E-state index in [4.69, 9.17) is 16.3 Å². The van der Waals surface area contributed by atoms with Crippen LogP contribution in [0.2, 0.25) is 5.02 Å². The molecule has 0 amide bonds. The Morgan fingerprint density at radius 3 is 2.63 bits per heavy atom. The van der Waals surface area contributed by atoms with Crippen LogP contribution in [0, 0.1) is 0 Å². The molecule has 1 unspecified atom stereocenters. The van der Waals surface area contributed by atoms with Crippen molar-refractivity contribution in [3.63, 3.8) is 0 Å². The van der Waals surface area contributed by atoms with Gasteiger partial charge in [-0.1, -0.05) is 57.2 Å². The van der Waals surface area contributed by atoms with Crippen LogP contribution in [0.25, 0.3) is 0 Å². The predicted molar refractivity (Wildman–Crippen MR) is 83.2 cm³/mol. The molecule has 19 heavy (non-hydrogen) atoms. The highest BCUT2D eigenvalue weighted by Crippen LogP contribution is 2.31. The first-order valence-electron chi connectivity index (χ1n) is 7.29. The van der Waals surface area contributed by atoms with Crippen LogP contribution in [-0.4, -0.2) is 13.7 Å². The van der Waals surface area contributed by atoms with E-state index >= 15 is 0 Å². The molecule has 1 rings (SSSR count).